The summed E-state index contributed by atoms with van der Waals surface area (Å²) in [6.07, 6.45) is 3.56. The Bertz CT molecular complexity index is 311. The van der Waals surface area contributed by atoms with Crippen molar-refractivity contribution in [2.75, 3.05) is 20.3 Å². The molecule has 1 aromatic carbocycles. The van der Waals surface area contributed by atoms with Gasteiger partial charge in [0.15, 0.2) is 0 Å². The molecule has 1 aliphatic carbocycles. The molecule has 0 spiro atoms. The van der Waals surface area contributed by atoms with E-state index in [0.717, 1.165) is 19.6 Å². The van der Waals surface area contributed by atoms with Crippen LogP contribution in [0.4, 0.5) is 0 Å². The van der Waals surface area contributed by atoms with Crippen molar-refractivity contribution in [2.45, 2.75) is 25.3 Å². The van der Waals surface area contributed by atoms with E-state index in [2.05, 4.69) is 29.6 Å². The number of hydrogen-bond donors (Lipinski definition) is 1. The van der Waals surface area contributed by atoms with Gasteiger partial charge in [0, 0.05) is 19.8 Å². The van der Waals surface area contributed by atoms with Crippen LogP contribution in [0.3, 0.4) is 0 Å². The Balaban J connectivity index is 1.85. The fourth-order valence-electron chi connectivity index (χ4n) is 2.26. The first-order chi connectivity index (χ1) is 7.42. The normalized spacial score (nSPS) is 19.1. The van der Waals surface area contributed by atoms with Crippen LogP contribution in [0, 0.1) is 0 Å². The molecule has 0 bridgehead atoms. The molecule has 0 aliphatic heterocycles. The first-order valence-electron chi connectivity index (χ1n) is 5.72. The number of nitrogens with one attached hydrogen (secondary N) is 1. The Hall–Kier alpha value is -0.860. The average molecular weight is 205 g/mol. The first-order valence-corrected chi connectivity index (χ1v) is 5.72. The van der Waals surface area contributed by atoms with Crippen LogP contribution in [0.2, 0.25) is 0 Å². The maximum Gasteiger partial charge on any atom is 0.0474 e. The highest BCUT2D eigenvalue weighted by atomic mass is 16.5. The molecule has 1 N–H and O–H groups in total. The smallest absolute Gasteiger partial charge is 0.0474 e. The summed E-state index contributed by atoms with van der Waals surface area (Å²) in [7, 11) is 1.75. The second-order valence-corrected chi connectivity index (χ2v) is 4.09. The Labute approximate surface area is 91.6 Å². The van der Waals surface area contributed by atoms with Crippen LogP contribution in [-0.4, -0.2) is 20.3 Å². The number of benzene rings is 1. The van der Waals surface area contributed by atoms with Crippen LogP contribution in [-0.2, 0) is 11.2 Å². The summed E-state index contributed by atoms with van der Waals surface area (Å²) < 4.78 is 5.04. The quantitative estimate of drug-likeness (QED) is 0.745. The van der Waals surface area contributed by atoms with Crippen LogP contribution >= 0.6 is 0 Å². The summed E-state index contributed by atoms with van der Waals surface area (Å²) in [6, 6.07) is 9.32. The summed E-state index contributed by atoms with van der Waals surface area (Å²) in [5.74, 6) is 0. The van der Waals surface area contributed by atoms with Crippen molar-refractivity contribution in [3.63, 3.8) is 0 Å². The number of aryl methyl sites for hydroxylation is 1. The molecule has 0 saturated heterocycles. The zero-order valence-electron chi connectivity index (χ0n) is 9.33. The molecule has 0 aromatic heterocycles. The minimum atomic E-state index is 0.568. The Morgan fingerprint density at radius 2 is 2.27 bits per heavy atom. The van der Waals surface area contributed by atoms with Gasteiger partial charge >= 0.3 is 0 Å². The molecular formula is C13H19NO. The number of hydrogen-bond acceptors (Lipinski definition) is 2. The van der Waals surface area contributed by atoms with Gasteiger partial charge in [0.2, 0.25) is 0 Å². The number of rotatable bonds is 5. The van der Waals surface area contributed by atoms with Crippen LogP contribution in [0.15, 0.2) is 24.3 Å². The molecule has 2 rings (SSSR count). The van der Waals surface area contributed by atoms with Crippen LogP contribution < -0.4 is 5.32 Å². The largest absolute Gasteiger partial charge is 0.385 e. The van der Waals surface area contributed by atoms with Gasteiger partial charge < -0.3 is 10.1 Å². The Kier molecular flexibility index (Phi) is 3.75. The summed E-state index contributed by atoms with van der Waals surface area (Å²) in [5.41, 5.74) is 3.01. The van der Waals surface area contributed by atoms with E-state index in [9.17, 15) is 0 Å². The second kappa shape index (κ2) is 5.29. The zero-order chi connectivity index (χ0) is 10.5. The molecule has 1 aliphatic rings. The minimum absolute atomic E-state index is 0.568. The van der Waals surface area contributed by atoms with Gasteiger partial charge in [-0.2, -0.15) is 0 Å². The zero-order valence-corrected chi connectivity index (χ0v) is 9.33. The Morgan fingerprint density at radius 3 is 3.13 bits per heavy atom. The lowest BCUT2D eigenvalue weighted by Crippen LogP contribution is -2.21. The molecule has 0 radical (unpaired) electrons. The topological polar surface area (TPSA) is 21.3 Å². The van der Waals surface area contributed by atoms with Crippen LogP contribution in [0.25, 0.3) is 0 Å². The Morgan fingerprint density at radius 1 is 1.40 bits per heavy atom. The van der Waals surface area contributed by atoms with E-state index in [4.69, 9.17) is 4.74 Å². The van der Waals surface area contributed by atoms with Gasteiger partial charge in [-0.15, -0.1) is 0 Å². The number of methoxy groups -OCH3 is 1. The van der Waals surface area contributed by atoms with E-state index < -0.39 is 0 Å². The minimum Gasteiger partial charge on any atom is -0.385 e. The highest BCUT2D eigenvalue weighted by molar-refractivity contribution is 5.34. The van der Waals surface area contributed by atoms with E-state index in [1.807, 2.05) is 0 Å². The van der Waals surface area contributed by atoms with Crippen LogP contribution in [0.5, 0.6) is 0 Å². The molecule has 0 saturated carbocycles. The number of ether oxygens (including phenoxy) is 1. The molecule has 2 nitrogen and oxygen atoms in total. The summed E-state index contributed by atoms with van der Waals surface area (Å²) in [5, 5.41) is 3.59. The van der Waals surface area contributed by atoms with Crippen molar-refractivity contribution in [3.05, 3.63) is 35.4 Å². The van der Waals surface area contributed by atoms with Gasteiger partial charge in [-0.25, -0.2) is 0 Å². The molecule has 0 amide bonds. The highest BCUT2D eigenvalue weighted by Crippen LogP contribution is 2.30. The van der Waals surface area contributed by atoms with Crippen molar-refractivity contribution in [2.24, 2.45) is 0 Å². The van der Waals surface area contributed by atoms with Gasteiger partial charge in [0.1, 0.15) is 0 Å². The lowest BCUT2D eigenvalue weighted by atomic mass is 10.1. The maximum atomic E-state index is 5.04. The van der Waals surface area contributed by atoms with Crippen molar-refractivity contribution >= 4 is 0 Å². The van der Waals surface area contributed by atoms with E-state index in [1.54, 1.807) is 7.11 Å². The predicted molar refractivity (Wildman–Crippen MR) is 62.0 cm³/mol. The number of fused-ring (bicyclic) bond motifs is 1. The summed E-state index contributed by atoms with van der Waals surface area (Å²) in [4.78, 5) is 0. The lowest BCUT2D eigenvalue weighted by molar-refractivity contribution is 0.193. The third-order valence-corrected chi connectivity index (χ3v) is 3.05. The standard InChI is InChI=1S/C13H19NO/c1-15-10-4-9-14-13-8-7-11-5-2-3-6-12(11)13/h2-3,5-6,13-14H,4,7-10H2,1H3/t13-/m0/s1. The molecule has 82 valence electrons. The monoisotopic (exact) mass is 205 g/mol. The molecule has 0 fully saturated rings. The van der Waals surface area contributed by atoms with E-state index in [0.29, 0.717) is 6.04 Å². The third-order valence-electron chi connectivity index (χ3n) is 3.05. The average Bonchev–Trinajstić information content (AvgIpc) is 2.68. The van der Waals surface area contributed by atoms with E-state index in [1.165, 1.54) is 24.0 Å². The van der Waals surface area contributed by atoms with Gasteiger partial charge in [0.25, 0.3) is 0 Å². The van der Waals surface area contributed by atoms with E-state index in [-0.39, 0.29) is 0 Å². The summed E-state index contributed by atoms with van der Waals surface area (Å²) in [6.45, 7) is 1.90. The lowest BCUT2D eigenvalue weighted by Gasteiger charge is -2.13. The third kappa shape index (κ3) is 2.58. The fraction of sp³-hybridized carbons (Fsp3) is 0.538. The maximum absolute atomic E-state index is 5.04. The first kappa shape index (κ1) is 10.7. The van der Waals surface area contributed by atoms with Crippen molar-refractivity contribution < 1.29 is 4.74 Å². The molecular weight excluding hydrogens is 186 g/mol. The molecule has 2 heteroatoms. The van der Waals surface area contributed by atoms with Crippen molar-refractivity contribution in [1.82, 2.24) is 5.32 Å². The fourth-order valence-corrected chi connectivity index (χ4v) is 2.26. The van der Waals surface area contributed by atoms with Gasteiger partial charge in [-0.05, 0) is 36.9 Å². The van der Waals surface area contributed by atoms with Crippen molar-refractivity contribution in [1.29, 1.82) is 0 Å². The van der Waals surface area contributed by atoms with Crippen LogP contribution in [0.1, 0.15) is 30.0 Å². The predicted octanol–water partition coefficient (Wildman–Crippen LogP) is 2.30. The second-order valence-electron chi connectivity index (χ2n) is 4.09. The van der Waals surface area contributed by atoms with Crippen molar-refractivity contribution in [3.8, 4) is 0 Å². The van der Waals surface area contributed by atoms with Gasteiger partial charge in [-0.1, -0.05) is 24.3 Å². The molecule has 15 heavy (non-hydrogen) atoms. The molecule has 1 atom stereocenters. The summed E-state index contributed by atoms with van der Waals surface area (Å²) >= 11 is 0. The van der Waals surface area contributed by atoms with E-state index >= 15 is 0 Å². The van der Waals surface area contributed by atoms with Gasteiger partial charge in [0.05, 0.1) is 0 Å². The molecule has 0 unspecified atom stereocenters. The molecule has 0 heterocycles. The SMILES string of the molecule is COCCCN[C@H]1CCc2ccccc21. The highest BCUT2D eigenvalue weighted by Gasteiger charge is 2.20. The van der Waals surface area contributed by atoms with Gasteiger partial charge in [-0.3, -0.25) is 0 Å². The molecule has 1 aromatic rings.